The molecular formula is C20H20F3NO3. The summed E-state index contributed by atoms with van der Waals surface area (Å²) >= 11 is 0. The lowest BCUT2D eigenvalue weighted by Gasteiger charge is -2.19. The van der Waals surface area contributed by atoms with Crippen LogP contribution in [0.2, 0.25) is 0 Å². The Hall–Kier alpha value is -2.83. The number of carbonyl (C=O) groups excluding carboxylic acids is 2. The highest BCUT2D eigenvalue weighted by Gasteiger charge is 2.34. The van der Waals surface area contributed by atoms with Gasteiger partial charge in [-0.3, -0.25) is 4.79 Å². The van der Waals surface area contributed by atoms with Gasteiger partial charge in [-0.15, -0.1) is 0 Å². The van der Waals surface area contributed by atoms with Crippen LogP contribution in [0.3, 0.4) is 0 Å². The highest BCUT2D eigenvalue weighted by atomic mass is 19.4. The number of methoxy groups -OCH3 is 1. The number of aryl methyl sites for hydroxylation is 2. The van der Waals surface area contributed by atoms with Crippen molar-refractivity contribution in [2.75, 3.05) is 7.11 Å². The van der Waals surface area contributed by atoms with Crippen molar-refractivity contribution >= 4 is 11.9 Å². The zero-order chi connectivity index (χ0) is 20.2. The van der Waals surface area contributed by atoms with Crippen LogP contribution in [0, 0.1) is 13.8 Å². The van der Waals surface area contributed by atoms with Crippen molar-refractivity contribution < 1.29 is 27.5 Å². The Bertz CT molecular complexity index is 826. The van der Waals surface area contributed by atoms with Crippen molar-refractivity contribution in [1.29, 1.82) is 0 Å². The van der Waals surface area contributed by atoms with Gasteiger partial charge in [-0.05, 0) is 37.6 Å². The number of ether oxygens (including phenoxy) is 1. The zero-order valence-corrected chi connectivity index (χ0v) is 15.2. The fraction of sp³-hybridized carbons (Fsp3) is 0.300. The number of halogens is 3. The van der Waals surface area contributed by atoms with Gasteiger partial charge in [0, 0.05) is 12.0 Å². The monoisotopic (exact) mass is 379 g/mol. The van der Waals surface area contributed by atoms with E-state index < -0.39 is 29.7 Å². The molecule has 1 amide bonds. The van der Waals surface area contributed by atoms with Crippen molar-refractivity contribution in [1.82, 2.24) is 5.32 Å². The molecule has 0 aliphatic rings. The van der Waals surface area contributed by atoms with Crippen LogP contribution < -0.4 is 5.32 Å². The molecule has 0 spiro atoms. The average Bonchev–Trinajstić information content (AvgIpc) is 2.59. The molecular weight excluding hydrogens is 359 g/mol. The van der Waals surface area contributed by atoms with Crippen LogP contribution in [-0.2, 0) is 22.1 Å². The second kappa shape index (κ2) is 8.24. The standard InChI is InChI=1S/C20H20F3NO3/c1-12-8-13(2)10-15(9-12)18(25)24-17(19(26)27-3)11-14-6-4-5-7-16(14)20(21,22)23/h4-10,17H,11H2,1-3H3,(H,24,25)/t17-/m1/s1. The van der Waals surface area contributed by atoms with Gasteiger partial charge in [0.05, 0.1) is 12.7 Å². The predicted molar refractivity (Wildman–Crippen MR) is 94.3 cm³/mol. The first-order valence-electron chi connectivity index (χ1n) is 8.24. The number of carbonyl (C=O) groups is 2. The van der Waals surface area contributed by atoms with Crippen molar-refractivity contribution in [3.05, 3.63) is 70.3 Å². The van der Waals surface area contributed by atoms with Crippen LogP contribution in [-0.4, -0.2) is 25.0 Å². The molecule has 0 fully saturated rings. The maximum atomic E-state index is 13.2. The molecule has 0 saturated heterocycles. The SMILES string of the molecule is COC(=O)[C@@H](Cc1ccccc1C(F)(F)F)NC(=O)c1cc(C)cc(C)c1. The smallest absolute Gasteiger partial charge is 0.416 e. The number of hydrogen-bond acceptors (Lipinski definition) is 3. The fourth-order valence-corrected chi connectivity index (χ4v) is 2.88. The van der Waals surface area contributed by atoms with Crippen LogP contribution in [0.15, 0.2) is 42.5 Å². The van der Waals surface area contributed by atoms with E-state index in [9.17, 15) is 22.8 Å². The minimum absolute atomic E-state index is 0.0962. The molecule has 7 heteroatoms. The summed E-state index contributed by atoms with van der Waals surface area (Å²) in [5.41, 5.74) is 1.10. The van der Waals surface area contributed by atoms with Crippen molar-refractivity contribution in [3.8, 4) is 0 Å². The van der Waals surface area contributed by atoms with Gasteiger partial charge in [-0.25, -0.2) is 4.79 Å². The van der Waals surface area contributed by atoms with Gasteiger partial charge in [0.2, 0.25) is 0 Å². The minimum Gasteiger partial charge on any atom is -0.467 e. The van der Waals surface area contributed by atoms with Crippen LogP contribution >= 0.6 is 0 Å². The van der Waals surface area contributed by atoms with Crippen LogP contribution in [0.1, 0.15) is 32.6 Å². The van der Waals surface area contributed by atoms with E-state index in [0.717, 1.165) is 24.3 Å². The maximum Gasteiger partial charge on any atom is 0.416 e. The molecule has 0 heterocycles. The third-order valence-electron chi connectivity index (χ3n) is 4.02. The molecule has 0 aromatic heterocycles. The maximum absolute atomic E-state index is 13.2. The Morgan fingerprint density at radius 1 is 1.07 bits per heavy atom. The van der Waals surface area contributed by atoms with Gasteiger partial charge in [0.1, 0.15) is 6.04 Å². The van der Waals surface area contributed by atoms with Crippen LogP contribution in [0.5, 0.6) is 0 Å². The van der Waals surface area contributed by atoms with E-state index in [1.54, 1.807) is 12.1 Å². The molecule has 2 aromatic carbocycles. The lowest BCUT2D eigenvalue weighted by molar-refractivity contribution is -0.144. The number of amides is 1. The van der Waals surface area contributed by atoms with E-state index in [1.165, 1.54) is 18.2 Å². The van der Waals surface area contributed by atoms with E-state index in [-0.39, 0.29) is 12.0 Å². The number of hydrogen-bond donors (Lipinski definition) is 1. The van der Waals surface area contributed by atoms with E-state index in [1.807, 2.05) is 19.9 Å². The van der Waals surface area contributed by atoms with Gasteiger partial charge in [0.25, 0.3) is 5.91 Å². The minimum atomic E-state index is -4.56. The molecule has 4 nitrogen and oxygen atoms in total. The quantitative estimate of drug-likeness (QED) is 0.804. The number of benzene rings is 2. The summed E-state index contributed by atoms with van der Waals surface area (Å²) in [7, 11) is 1.12. The first kappa shape index (κ1) is 20.5. The fourth-order valence-electron chi connectivity index (χ4n) is 2.88. The third-order valence-corrected chi connectivity index (χ3v) is 4.02. The van der Waals surface area contributed by atoms with Gasteiger partial charge in [0.15, 0.2) is 0 Å². The molecule has 0 saturated carbocycles. The lowest BCUT2D eigenvalue weighted by Crippen LogP contribution is -2.43. The first-order chi connectivity index (χ1) is 12.6. The summed E-state index contributed by atoms with van der Waals surface area (Å²) in [6, 6.07) is 8.86. The molecule has 2 aromatic rings. The highest BCUT2D eigenvalue weighted by molar-refractivity contribution is 5.97. The summed E-state index contributed by atoms with van der Waals surface area (Å²) in [5.74, 6) is -1.37. The van der Waals surface area contributed by atoms with Gasteiger partial charge in [-0.1, -0.05) is 35.4 Å². The number of esters is 1. The summed E-state index contributed by atoms with van der Waals surface area (Å²) in [6.07, 6.45) is -4.90. The van der Waals surface area contributed by atoms with Crippen molar-refractivity contribution in [2.24, 2.45) is 0 Å². The molecule has 27 heavy (non-hydrogen) atoms. The molecule has 0 aliphatic carbocycles. The summed E-state index contributed by atoms with van der Waals surface area (Å²) in [4.78, 5) is 24.6. The lowest BCUT2D eigenvalue weighted by atomic mass is 9.99. The molecule has 0 unspecified atom stereocenters. The normalized spacial score (nSPS) is 12.4. The highest BCUT2D eigenvalue weighted by Crippen LogP contribution is 2.32. The number of alkyl halides is 3. The largest absolute Gasteiger partial charge is 0.467 e. The van der Waals surface area contributed by atoms with E-state index in [0.29, 0.717) is 5.56 Å². The molecule has 2 rings (SSSR count). The Balaban J connectivity index is 2.29. The van der Waals surface area contributed by atoms with E-state index in [4.69, 9.17) is 0 Å². The third kappa shape index (κ3) is 5.32. The van der Waals surface area contributed by atoms with Crippen LogP contribution in [0.25, 0.3) is 0 Å². The second-order valence-electron chi connectivity index (χ2n) is 6.28. The average molecular weight is 379 g/mol. The predicted octanol–water partition coefficient (Wildman–Crippen LogP) is 3.84. The number of nitrogens with one attached hydrogen (secondary N) is 1. The van der Waals surface area contributed by atoms with Crippen molar-refractivity contribution in [3.63, 3.8) is 0 Å². The van der Waals surface area contributed by atoms with E-state index >= 15 is 0 Å². The Labute approximate surface area is 155 Å². The Kier molecular flexibility index (Phi) is 6.25. The van der Waals surface area contributed by atoms with Gasteiger partial charge < -0.3 is 10.1 Å². The second-order valence-corrected chi connectivity index (χ2v) is 6.28. The van der Waals surface area contributed by atoms with Gasteiger partial charge >= 0.3 is 12.1 Å². The Morgan fingerprint density at radius 2 is 1.67 bits per heavy atom. The first-order valence-corrected chi connectivity index (χ1v) is 8.24. The van der Waals surface area contributed by atoms with Crippen LogP contribution in [0.4, 0.5) is 13.2 Å². The summed E-state index contributed by atoms with van der Waals surface area (Å²) in [5, 5.41) is 2.48. The van der Waals surface area contributed by atoms with Gasteiger partial charge in [-0.2, -0.15) is 13.2 Å². The summed E-state index contributed by atoms with van der Waals surface area (Å²) < 4.78 is 44.2. The Morgan fingerprint density at radius 3 is 2.22 bits per heavy atom. The molecule has 1 atom stereocenters. The molecule has 1 N–H and O–H groups in total. The molecule has 0 radical (unpaired) electrons. The molecule has 0 aliphatic heterocycles. The van der Waals surface area contributed by atoms with E-state index in [2.05, 4.69) is 10.1 Å². The zero-order valence-electron chi connectivity index (χ0n) is 15.2. The molecule has 0 bridgehead atoms. The summed E-state index contributed by atoms with van der Waals surface area (Å²) in [6.45, 7) is 3.64. The number of rotatable bonds is 5. The topological polar surface area (TPSA) is 55.4 Å². The molecule has 144 valence electrons. The van der Waals surface area contributed by atoms with Crippen molar-refractivity contribution in [2.45, 2.75) is 32.5 Å².